The van der Waals surface area contributed by atoms with E-state index in [1.54, 1.807) is 4.90 Å². The van der Waals surface area contributed by atoms with Gasteiger partial charge >= 0.3 is 6.03 Å². The summed E-state index contributed by atoms with van der Waals surface area (Å²) in [5.74, 6) is -0.0415. The third kappa shape index (κ3) is 3.71. The zero-order valence-electron chi connectivity index (χ0n) is 10.8. The van der Waals surface area contributed by atoms with Crippen molar-refractivity contribution < 1.29 is 9.59 Å². The maximum Gasteiger partial charge on any atom is 0.312 e. The van der Waals surface area contributed by atoms with Crippen molar-refractivity contribution in [2.75, 3.05) is 13.1 Å². The highest BCUT2D eigenvalue weighted by Gasteiger charge is 2.27. The molecule has 0 spiro atoms. The Hall–Kier alpha value is -2.04. The summed E-state index contributed by atoms with van der Waals surface area (Å²) in [6.07, 6.45) is 2.53. The van der Waals surface area contributed by atoms with E-state index in [0.717, 1.165) is 31.5 Å². The van der Waals surface area contributed by atoms with Crippen molar-refractivity contribution in [1.82, 2.24) is 10.2 Å². The fourth-order valence-electron chi connectivity index (χ4n) is 2.38. The lowest BCUT2D eigenvalue weighted by Crippen LogP contribution is -2.50. The van der Waals surface area contributed by atoms with E-state index in [0.29, 0.717) is 6.42 Å². The van der Waals surface area contributed by atoms with Crippen molar-refractivity contribution in [2.24, 2.45) is 5.73 Å². The number of hydrogen-bond donors (Lipinski definition) is 2. The number of benzene rings is 1. The fraction of sp³-hybridized carbons (Fsp3) is 0.429. The van der Waals surface area contributed by atoms with Gasteiger partial charge in [0, 0.05) is 19.5 Å². The molecule has 0 bridgehead atoms. The van der Waals surface area contributed by atoms with Gasteiger partial charge in [0.05, 0.1) is 0 Å². The number of likely N-dealkylation sites (tertiary alicyclic amines) is 1. The molecule has 5 nitrogen and oxygen atoms in total. The van der Waals surface area contributed by atoms with Crippen LogP contribution in [-0.2, 0) is 11.2 Å². The van der Waals surface area contributed by atoms with Crippen LogP contribution >= 0.6 is 0 Å². The van der Waals surface area contributed by atoms with Crippen LogP contribution < -0.4 is 11.1 Å². The molecule has 0 aliphatic carbocycles. The Bertz CT molecular complexity index is 441. The molecular formula is C14H19N3O2. The molecule has 0 radical (unpaired) electrons. The fourth-order valence-corrected chi connectivity index (χ4v) is 2.38. The second-order valence-corrected chi connectivity index (χ2v) is 4.78. The lowest BCUT2D eigenvalue weighted by atomic mass is 10.1. The van der Waals surface area contributed by atoms with Gasteiger partial charge in [-0.1, -0.05) is 30.3 Å². The molecule has 1 aromatic carbocycles. The number of carbonyl (C=O) groups excluding carboxylic acids is 2. The molecule has 1 aliphatic rings. The Balaban J connectivity index is 2.06. The minimum absolute atomic E-state index is 0.0415. The van der Waals surface area contributed by atoms with Gasteiger partial charge in [-0.05, 0) is 18.4 Å². The molecule has 0 aromatic heterocycles. The molecule has 1 atom stereocenters. The van der Waals surface area contributed by atoms with Gasteiger partial charge in [0.1, 0.15) is 6.04 Å². The number of nitrogens with zero attached hydrogens (tertiary/aromatic N) is 1. The first-order chi connectivity index (χ1) is 9.16. The van der Waals surface area contributed by atoms with Gasteiger partial charge in [-0.25, -0.2) is 4.79 Å². The first-order valence-electron chi connectivity index (χ1n) is 6.55. The van der Waals surface area contributed by atoms with E-state index in [1.165, 1.54) is 0 Å². The molecule has 2 rings (SSSR count). The maximum atomic E-state index is 12.3. The number of rotatable bonds is 4. The first kappa shape index (κ1) is 13.4. The number of primary amides is 1. The summed E-state index contributed by atoms with van der Waals surface area (Å²) >= 11 is 0. The summed E-state index contributed by atoms with van der Waals surface area (Å²) in [7, 11) is 0. The Morgan fingerprint density at radius 1 is 1.21 bits per heavy atom. The highest BCUT2D eigenvalue weighted by molar-refractivity contribution is 5.87. The molecule has 1 aromatic rings. The van der Waals surface area contributed by atoms with Gasteiger partial charge in [0.15, 0.2) is 0 Å². The van der Waals surface area contributed by atoms with E-state index >= 15 is 0 Å². The van der Waals surface area contributed by atoms with Crippen LogP contribution in [0.2, 0.25) is 0 Å². The van der Waals surface area contributed by atoms with Crippen molar-refractivity contribution in [1.29, 1.82) is 0 Å². The van der Waals surface area contributed by atoms with Crippen molar-refractivity contribution in [3.63, 3.8) is 0 Å². The lowest BCUT2D eigenvalue weighted by molar-refractivity contribution is -0.132. The van der Waals surface area contributed by atoms with Crippen LogP contribution in [0.25, 0.3) is 0 Å². The van der Waals surface area contributed by atoms with Gasteiger partial charge in [0.2, 0.25) is 5.91 Å². The molecule has 1 fully saturated rings. The normalized spacial score (nSPS) is 16.1. The van der Waals surface area contributed by atoms with Crippen molar-refractivity contribution in [3.8, 4) is 0 Å². The van der Waals surface area contributed by atoms with Crippen LogP contribution in [0.1, 0.15) is 18.4 Å². The van der Waals surface area contributed by atoms with E-state index in [9.17, 15) is 9.59 Å². The van der Waals surface area contributed by atoms with Gasteiger partial charge < -0.3 is 16.0 Å². The average molecular weight is 261 g/mol. The zero-order chi connectivity index (χ0) is 13.7. The topological polar surface area (TPSA) is 75.4 Å². The van der Waals surface area contributed by atoms with Crippen LogP contribution in [0.4, 0.5) is 4.79 Å². The van der Waals surface area contributed by atoms with Gasteiger partial charge in [-0.3, -0.25) is 4.79 Å². The SMILES string of the molecule is NC(=O)NC(Cc1ccccc1)C(=O)N1CCCC1. The van der Waals surface area contributed by atoms with Crippen molar-refractivity contribution >= 4 is 11.9 Å². The van der Waals surface area contributed by atoms with Crippen LogP contribution in [0.5, 0.6) is 0 Å². The molecule has 1 unspecified atom stereocenters. The van der Waals surface area contributed by atoms with E-state index in [1.807, 2.05) is 30.3 Å². The molecular weight excluding hydrogens is 242 g/mol. The van der Waals surface area contributed by atoms with E-state index < -0.39 is 12.1 Å². The predicted molar refractivity (Wildman–Crippen MR) is 72.5 cm³/mol. The van der Waals surface area contributed by atoms with E-state index in [2.05, 4.69) is 5.32 Å². The maximum absolute atomic E-state index is 12.3. The Kier molecular flexibility index (Phi) is 4.39. The third-order valence-electron chi connectivity index (χ3n) is 3.31. The Morgan fingerprint density at radius 3 is 2.42 bits per heavy atom. The zero-order valence-corrected chi connectivity index (χ0v) is 10.8. The second-order valence-electron chi connectivity index (χ2n) is 4.78. The molecule has 19 heavy (non-hydrogen) atoms. The molecule has 102 valence electrons. The number of amides is 3. The average Bonchev–Trinajstić information content (AvgIpc) is 2.91. The Morgan fingerprint density at radius 2 is 1.84 bits per heavy atom. The minimum atomic E-state index is -0.659. The molecule has 1 aliphatic heterocycles. The van der Waals surface area contributed by atoms with Gasteiger partial charge in [0.25, 0.3) is 0 Å². The molecule has 3 amide bonds. The van der Waals surface area contributed by atoms with Crippen LogP contribution in [0, 0.1) is 0 Å². The first-order valence-corrected chi connectivity index (χ1v) is 6.55. The lowest BCUT2D eigenvalue weighted by Gasteiger charge is -2.23. The van der Waals surface area contributed by atoms with E-state index in [-0.39, 0.29) is 5.91 Å². The Labute approximate surface area is 112 Å². The molecule has 3 N–H and O–H groups in total. The summed E-state index contributed by atoms with van der Waals surface area (Å²) < 4.78 is 0. The van der Waals surface area contributed by atoms with E-state index in [4.69, 9.17) is 5.73 Å². The van der Waals surface area contributed by atoms with Crippen molar-refractivity contribution in [3.05, 3.63) is 35.9 Å². The number of nitrogens with one attached hydrogen (secondary N) is 1. The number of hydrogen-bond acceptors (Lipinski definition) is 2. The smallest absolute Gasteiger partial charge is 0.312 e. The van der Waals surface area contributed by atoms with Crippen LogP contribution in [-0.4, -0.2) is 36.0 Å². The molecule has 5 heteroatoms. The largest absolute Gasteiger partial charge is 0.352 e. The number of nitrogens with two attached hydrogens (primary N) is 1. The second kappa shape index (κ2) is 6.22. The van der Waals surface area contributed by atoms with Crippen molar-refractivity contribution in [2.45, 2.75) is 25.3 Å². The molecule has 1 heterocycles. The summed E-state index contributed by atoms with van der Waals surface area (Å²) in [5.41, 5.74) is 6.17. The summed E-state index contributed by atoms with van der Waals surface area (Å²) in [5, 5.41) is 2.55. The van der Waals surface area contributed by atoms with Crippen LogP contribution in [0.15, 0.2) is 30.3 Å². The summed E-state index contributed by atoms with van der Waals surface area (Å²) in [6.45, 7) is 1.54. The summed E-state index contributed by atoms with van der Waals surface area (Å²) in [4.78, 5) is 25.2. The highest BCUT2D eigenvalue weighted by atomic mass is 16.2. The number of carbonyl (C=O) groups is 2. The third-order valence-corrected chi connectivity index (χ3v) is 3.31. The quantitative estimate of drug-likeness (QED) is 0.844. The molecule has 0 saturated carbocycles. The predicted octanol–water partition coefficient (Wildman–Crippen LogP) is 0.888. The number of urea groups is 1. The standard InChI is InChI=1S/C14H19N3O2/c15-14(19)16-12(10-11-6-2-1-3-7-11)13(18)17-8-4-5-9-17/h1-3,6-7,12H,4-5,8-10H2,(H3,15,16,19). The summed E-state index contributed by atoms with van der Waals surface area (Å²) in [6, 6.07) is 8.39. The molecule has 1 saturated heterocycles. The van der Waals surface area contributed by atoms with Crippen LogP contribution in [0.3, 0.4) is 0 Å². The highest BCUT2D eigenvalue weighted by Crippen LogP contribution is 2.12. The minimum Gasteiger partial charge on any atom is -0.352 e. The monoisotopic (exact) mass is 261 g/mol. The van der Waals surface area contributed by atoms with Gasteiger partial charge in [-0.2, -0.15) is 0 Å². The van der Waals surface area contributed by atoms with Gasteiger partial charge in [-0.15, -0.1) is 0 Å².